The molecular weight excluding hydrogens is 318 g/mol. The van der Waals surface area contributed by atoms with Crippen LogP contribution in [0.2, 0.25) is 0 Å². The molecule has 9 heteroatoms. The number of halogens is 1. The van der Waals surface area contributed by atoms with Gasteiger partial charge in [-0.05, 0) is 6.42 Å². The van der Waals surface area contributed by atoms with E-state index in [4.69, 9.17) is 23.7 Å². The fourth-order valence-electron chi connectivity index (χ4n) is 2.17. The van der Waals surface area contributed by atoms with Crippen molar-refractivity contribution in [3.63, 3.8) is 0 Å². The molecule has 3 N–H and O–H groups in total. The molecule has 0 bridgehead atoms. The summed E-state index contributed by atoms with van der Waals surface area (Å²) in [5, 5.41) is 28.1. The fraction of sp³-hybridized carbons (Fsp3) is 1.00. The number of hydrogen-bond donors (Lipinski definition) is 3. The van der Waals surface area contributed by atoms with Gasteiger partial charge < -0.3 is 19.8 Å². The van der Waals surface area contributed by atoms with Crippen molar-refractivity contribution in [1.82, 2.24) is 0 Å². The monoisotopic (exact) mass is 347 g/mol. The van der Waals surface area contributed by atoms with Gasteiger partial charge in [0, 0.05) is 0 Å². The van der Waals surface area contributed by atoms with Gasteiger partial charge in [0.1, 0.15) is 25.3 Å². The smallest absolute Gasteiger partial charge is 0.126 e. The van der Waals surface area contributed by atoms with Crippen molar-refractivity contribution in [2.75, 3.05) is 33.8 Å². The van der Waals surface area contributed by atoms with Crippen LogP contribution < -0.4 is 18.6 Å². The predicted octanol–water partition coefficient (Wildman–Crippen LogP) is -4.01. The van der Waals surface area contributed by atoms with Gasteiger partial charge >= 0.3 is 0 Å². The lowest BCUT2D eigenvalue weighted by Gasteiger charge is -2.33. The molecule has 0 heterocycles. The van der Waals surface area contributed by atoms with Crippen molar-refractivity contribution in [2.24, 2.45) is 0 Å². The first-order chi connectivity index (χ1) is 9.91. The van der Waals surface area contributed by atoms with Gasteiger partial charge in [0.2, 0.25) is 0 Å². The number of aliphatic hydroxyl groups is 3. The van der Waals surface area contributed by atoms with Crippen LogP contribution in [0.1, 0.15) is 39.0 Å². The molecule has 22 heavy (non-hydrogen) atoms. The van der Waals surface area contributed by atoms with Gasteiger partial charge in [-0.25, -0.2) is 18.6 Å². The van der Waals surface area contributed by atoms with E-state index >= 15 is 0 Å². The van der Waals surface area contributed by atoms with Crippen molar-refractivity contribution in [2.45, 2.75) is 51.2 Å². The van der Waals surface area contributed by atoms with Crippen LogP contribution in [0.15, 0.2) is 0 Å². The van der Waals surface area contributed by atoms with Gasteiger partial charge in [-0.15, -0.1) is 10.2 Å². The molecule has 0 spiro atoms. The summed E-state index contributed by atoms with van der Waals surface area (Å²) in [5.74, 6) is 0. The Morgan fingerprint density at radius 2 is 1.36 bits per heavy atom. The highest BCUT2D eigenvalue weighted by Crippen LogP contribution is 2.09. The van der Waals surface area contributed by atoms with Crippen molar-refractivity contribution < 1.29 is 48.7 Å². The fourth-order valence-corrected chi connectivity index (χ4v) is 2.17. The quantitative estimate of drug-likeness (QED) is 0.269. The third-order valence-electron chi connectivity index (χ3n) is 3.01. The maximum Gasteiger partial charge on any atom is 0.126 e. The first kappa shape index (κ1) is 24.2. The van der Waals surface area contributed by atoms with Crippen LogP contribution in [0.25, 0.3) is 0 Å². The minimum atomic E-state index is -4.94. The highest BCUT2D eigenvalue weighted by Gasteiger charge is 2.23. The van der Waals surface area contributed by atoms with Crippen LogP contribution in [0, 0.1) is 10.2 Å². The van der Waals surface area contributed by atoms with Gasteiger partial charge in [0.25, 0.3) is 0 Å². The molecule has 8 nitrogen and oxygen atoms in total. The number of rotatable bonds is 10. The van der Waals surface area contributed by atoms with E-state index in [0.717, 1.165) is 12.8 Å². The standard InChI is InChI=1S/C13H30NO3.ClHO4/c1-4-5-6-7-8-12(16)9-14(2,3)10-13(17)11-15;2-1(3,4)5/h12-13,15-17H,4-11H2,1-3H3;(H,2,3,4,5)/q+1;/p-1. The maximum atomic E-state index is 9.91. The lowest BCUT2D eigenvalue weighted by Crippen LogP contribution is -2.68. The molecule has 0 amide bonds. The van der Waals surface area contributed by atoms with E-state index in [0.29, 0.717) is 17.6 Å². The molecule has 0 aromatic rings. The zero-order valence-corrected chi connectivity index (χ0v) is 14.4. The first-order valence-corrected chi connectivity index (χ1v) is 8.55. The van der Waals surface area contributed by atoms with E-state index in [2.05, 4.69) is 6.92 Å². The van der Waals surface area contributed by atoms with Crippen LogP contribution in [0.3, 0.4) is 0 Å². The second-order valence-electron chi connectivity index (χ2n) is 6.02. The predicted molar refractivity (Wildman–Crippen MR) is 69.7 cm³/mol. The van der Waals surface area contributed by atoms with Crippen LogP contribution in [-0.2, 0) is 0 Å². The van der Waals surface area contributed by atoms with Gasteiger partial charge in [-0.3, -0.25) is 0 Å². The minimum absolute atomic E-state index is 0.214. The Morgan fingerprint density at radius 3 is 1.77 bits per heavy atom. The Kier molecular flexibility index (Phi) is 13.7. The molecular formula is C13H30ClNO7. The molecule has 0 aliphatic heterocycles. The zero-order valence-electron chi connectivity index (χ0n) is 13.6. The summed E-state index contributed by atoms with van der Waals surface area (Å²) in [5.41, 5.74) is 0. The molecule has 0 fully saturated rings. The molecule has 0 aliphatic carbocycles. The Labute approximate surface area is 134 Å². The highest BCUT2D eigenvalue weighted by molar-refractivity contribution is 4.57. The van der Waals surface area contributed by atoms with E-state index in [9.17, 15) is 10.2 Å². The van der Waals surface area contributed by atoms with Crippen LogP contribution in [0.4, 0.5) is 0 Å². The normalized spacial score (nSPS) is 15.0. The number of aliphatic hydroxyl groups excluding tert-OH is 3. The summed E-state index contributed by atoms with van der Waals surface area (Å²) in [6.07, 6.45) is 4.51. The average Bonchev–Trinajstić information content (AvgIpc) is 2.31. The first-order valence-electron chi connectivity index (χ1n) is 7.32. The lowest BCUT2D eigenvalue weighted by molar-refractivity contribution is -2.00. The Balaban J connectivity index is 0. The molecule has 0 saturated heterocycles. The molecule has 0 aliphatic rings. The summed E-state index contributed by atoms with van der Waals surface area (Å²) in [7, 11) is -1.01. The van der Waals surface area contributed by atoms with Gasteiger partial charge in [-0.1, -0.05) is 32.6 Å². The van der Waals surface area contributed by atoms with Crippen molar-refractivity contribution in [1.29, 1.82) is 0 Å². The number of unbranched alkanes of at least 4 members (excludes halogenated alkanes) is 3. The van der Waals surface area contributed by atoms with Crippen LogP contribution in [-0.4, -0.2) is 65.8 Å². The summed E-state index contributed by atoms with van der Waals surface area (Å²) in [4.78, 5) is 0. The molecule has 2 atom stereocenters. The number of quaternary nitrogens is 1. The molecule has 136 valence electrons. The van der Waals surface area contributed by atoms with Crippen molar-refractivity contribution in [3.8, 4) is 0 Å². The number of hydrogen-bond acceptors (Lipinski definition) is 7. The van der Waals surface area contributed by atoms with E-state index in [1.54, 1.807) is 0 Å². The van der Waals surface area contributed by atoms with E-state index in [1.807, 2.05) is 14.1 Å². The lowest BCUT2D eigenvalue weighted by atomic mass is 10.1. The minimum Gasteiger partial charge on any atom is -0.393 e. The largest absolute Gasteiger partial charge is 0.393 e. The summed E-state index contributed by atoms with van der Waals surface area (Å²) >= 11 is 0. The van der Waals surface area contributed by atoms with Gasteiger partial charge in [-0.2, -0.15) is 0 Å². The van der Waals surface area contributed by atoms with E-state index < -0.39 is 16.3 Å². The Hall–Kier alpha value is -0.0300. The third kappa shape index (κ3) is 22.3. The van der Waals surface area contributed by atoms with Crippen LogP contribution in [0.5, 0.6) is 0 Å². The van der Waals surface area contributed by atoms with E-state index in [-0.39, 0.29) is 12.7 Å². The summed E-state index contributed by atoms with van der Waals surface area (Å²) < 4.78 is 34.5. The van der Waals surface area contributed by atoms with Gasteiger partial charge in [0.05, 0.1) is 20.7 Å². The third-order valence-corrected chi connectivity index (χ3v) is 3.01. The van der Waals surface area contributed by atoms with E-state index in [1.165, 1.54) is 19.3 Å². The second-order valence-corrected chi connectivity index (χ2v) is 6.77. The molecule has 2 unspecified atom stereocenters. The van der Waals surface area contributed by atoms with Crippen molar-refractivity contribution in [3.05, 3.63) is 0 Å². The summed E-state index contributed by atoms with van der Waals surface area (Å²) in [6.45, 7) is 3.06. The molecule has 0 rings (SSSR count). The van der Waals surface area contributed by atoms with Crippen molar-refractivity contribution >= 4 is 0 Å². The number of likely N-dealkylation sites (N-methyl/N-ethyl adjacent to an activating group) is 1. The number of nitrogens with zero attached hydrogens (tertiary/aromatic N) is 1. The highest BCUT2D eigenvalue weighted by atomic mass is 35.7. The topological polar surface area (TPSA) is 153 Å². The molecule has 0 aromatic carbocycles. The summed E-state index contributed by atoms with van der Waals surface area (Å²) in [6, 6.07) is 0. The van der Waals surface area contributed by atoms with Crippen LogP contribution >= 0.6 is 0 Å². The second kappa shape index (κ2) is 12.4. The zero-order chi connectivity index (χ0) is 17.8. The molecule has 0 aromatic heterocycles. The Morgan fingerprint density at radius 1 is 0.909 bits per heavy atom. The molecule has 0 saturated carbocycles. The SMILES string of the molecule is CCCCCCC(O)C[N+](C)(C)CC(O)CO.[O-][Cl+3]([O-])([O-])[O-]. The Bertz CT molecular complexity index is 255. The average molecular weight is 348 g/mol. The van der Waals surface area contributed by atoms with Gasteiger partial charge in [0.15, 0.2) is 0 Å². The maximum absolute atomic E-state index is 9.91. The molecule has 0 radical (unpaired) electrons.